The Labute approximate surface area is 156 Å². The van der Waals surface area contributed by atoms with E-state index in [9.17, 15) is 20.1 Å². The Bertz CT molecular complexity index is 399. The normalized spacial score (nSPS) is 29.1. The maximum atomic E-state index is 11.4. The van der Waals surface area contributed by atoms with E-state index in [0.717, 1.165) is 19.3 Å². The van der Waals surface area contributed by atoms with E-state index >= 15 is 0 Å². The summed E-state index contributed by atoms with van der Waals surface area (Å²) in [6.07, 6.45) is 6.79. The maximum absolute atomic E-state index is 11.4. The Morgan fingerprint density at radius 1 is 0.962 bits per heavy atom. The highest BCUT2D eigenvalue weighted by Crippen LogP contribution is 2.31. The van der Waals surface area contributed by atoms with Crippen molar-refractivity contribution in [2.75, 3.05) is 0 Å². The van der Waals surface area contributed by atoms with E-state index in [1.165, 1.54) is 19.3 Å². The van der Waals surface area contributed by atoms with Crippen LogP contribution in [0.2, 0.25) is 0 Å². The number of aliphatic hydroxyl groups excluding tert-OH is 3. The van der Waals surface area contributed by atoms with Gasteiger partial charge in [0.05, 0.1) is 36.9 Å². The summed E-state index contributed by atoms with van der Waals surface area (Å²) in [6.45, 7) is 2.17. The van der Waals surface area contributed by atoms with Crippen molar-refractivity contribution >= 4 is 5.97 Å². The first kappa shape index (κ1) is 21.6. The molecule has 0 aromatic heterocycles. The van der Waals surface area contributed by atoms with Crippen LogP contribution in [0.25, 0.3) is 0 Å². The first-order valence-electron chi connectivity index (χ1n) is 10.3. The molecule has 0 saturated carbocycles. The largest absolute Gasteiger partial charge is 0.462 e. The molecule has 2 bridgehead atoms. The van der Waals surface area contributed by atoms with Gasteiger partial charge in [0.25, 0.3) is 0 Å². The standard InChI is InChI=1S/C20H36O6/c1-2-3-4-5-6-7-14(21)8-15(22)9-16(23)10-17-11-18-12-19(25-17)13-20(24)26-18/h14-19,21-23H,2-13H2,1H3/t14-,15-,16-,17?,18-,19-/m1/s1. The zero-order valence-corrected chi connectivity index (χ0v) is 16.0. The molecule has 0 aromatic rings. The van der Waals surface area contributed by atoms with Gasteiger partial charge in [0, 0.05) is 12.8 Å². The summed E-state index contributed by atoms with van der Waals surface area (Å²) >= 11 is 0. The number of carbonyl (C=O) groups excluding carboxylic acids is 1. The molecular formula is C20H36O6. The second-order valence-electron chi connectivity index (χ2n) is 8.04. The van der Waals surface area contributed by atoms with Gasteiger partial charge >= 0.3 is 5.97 Å². The molecular weight excluding hydrogens is 336 g/mol. The lowest BCUT2D eigenvalue weighted by Gasteiger charge is -2.39. The van der Waals surface area contributed by atoms with Crippen LogP contribution in [0.5, 0.6) is 0 Å². The Morgan fingerprint density at radius 3 is 2.42 bits per heavy atom. The molecule has 152 valence electrons. The molecule has 2 aliphatic rings. The van der Waals surface area contributed by atoms with Gasteiger partial charge in [-0.2, -0.15) is 0 Å². The molecule has 0 aromatic carbocycles. The molecule has 2 fully saturated rings. The second kappa shape index (κ2) is 11.2. The number of ether oxygens (including phenoxy) is 2. The van der Waals surface area contributed by atoms with Gasteiger partial charge in [0.15, 0.2) is 0 Å². The van der Waals surface area contributed by atoms with Crippen molar-refractivity contribution in [1.82, 2.24) is 0 Å². The van der Waals surface area contributed by atoms with Crippen LogP contribution < -0.4 is 0 Å². The summed E-state index contributed by atoms with van der Waals surface area (Å²) in [7, 11) is 0. The molecule has 6 heteroatoms. The van der Waals surface area contributed by atoms with E-state index in [4.69, 9.17) is 9.47 Å². The molecule has 0 radical (unpaired) electrons. The molecule has 2 saturated heterocycles. The fourth-order valence-corrected chi connectivity index (χ4v) is 4.09. The third kappa shape index (κ3) is 7.91. The maximum Gasteiger partial charge on any atom is 0.308 e. The summed E-state index contributed by atoms with van der Waals surface area (Å²) in [5.74, 6) is -0.204. The minimum atomic E-state index is -0.712. The number of hydrogen-bond donors (Lipinski definition) is 3. The van der Waals surface area contributed by atoms with Gasteiger partial charge in [-0.15, -0.1) is 0 Å². The molecule has 0 spiro atoms. The van der Waals surface area contributed by atoms with Crippen molar-refractivity contribution in [3.63, 3.8) is 0 Å². The van der Waals surface area contributed by atoms with Crippen LogP contribution in [0.3, 0.4) is 0 Å². The number of rotatable bonds is 12. The van der Waals surface area contributed by atoms with Crippen LogP contribution in [-0.2, 0) is 14.3 Å². The molecule has 26 heavy (non-hydrogen) atoms. The Morgan fingerprint density at radius 2 is 1.69 bits per heavy atom. The monoisotopic (exact) mass is 372 g/mol. The second-order valence-corrected chi connectivity index (χ2v) is 8.04. The highest BCUT2D eigenvalue weighted by atomic mass is 16.6. The molecule has 6 atom stereocenters. The fraction of sp³-hybridized carbons (Fsp3) is 0.950. The third-order valence-corrected chi connectivity index (χ3v) is 5.39. The van der Waals surface area contributed by atoms with E-state index in [-0.39, 0.29) is 37.1 Å². The Balaban J connectivity index is 1.59. The van der Waals surface area contributed by atoms with Crippen LogP contribution in [0, 0.1) is 0 Å². The van der Waals surface area contributed by atoms with Gasteiger partial charge in [-0.3, -0.25) is 4.79 Å². The van der Waals surface area contributed by atoms with Crippen LogP contribution in [0.15, 0.2) is 0 Å². The van der Waals surface area contributed by atoms with E-state index in [0.29, 0.717) is 25.7 Å². The third-order valence-electron chi connectivity index (χ3n) is 5.39. The predicted molar refractivity (Wildman–Crippen MR) is 97.6 cm³/mol. The lowest BCUT2D eigenvalue weighted by Crippen LogP contribution is -2.44. The molecule has 6 nitrogen and oxygen atoms in total. The molecule has 0 amide bonds. The molecule has 1 unspecified atom stereocenters. The summed E-state index contributed by atoms with van der Waals surface area (Å²) < 4.78 is 11.1. The Kier molecular flexibility index (Phi) is 9.33. The highest BCUT2D eigenvalue weighted by molar-refractivity contribution is 5.71. The topological polar surface area (TPSA) is 96.2 Å². The first-order valence-corrected chi connectivity index (χ1v) is 10.3. The van der Waals surface area contributed by atoms with Crippen molar-refractivity contribution in [1.29, 1.82) is 0 Å². The van der Waals surface area contributed by atoms with E-state index < -0.39 is 18.3 Å². The Hall–Kier alpha value is -0.690. The summed E-state index contributed by atoms with van der Waals surface area (Å²) in [6, 6.07) is 0. The number of hydrogen-bond acceptors (Lipinski definition) is 6. The minimum absolute atomic E-state index is 0.105. The lowest BCUT2D eigenvalue weighted by atomic mass is 9.92. The molecule has 2 heterocycles. The van der Waals surface area contributed by atoms with Crippen LogP contribution in [-0.4, -0.2) is 57.9 Å². The van der Waals surface area contributed by atoms with Crippen molar-refractivity contribution in [2.24, 2.45) is 0 Å². The van der Waals surface area contributed by atoms with Gasteiger partial charge in [-0.1, -0.05) is 39.0 Å². The van der Waals surface area contributed by atoms with Crippen molar-refractivity contribution in [3.05, 3.63) is 0 Å². The smallest absolute Gasteiger partial charge is 0.308 e. The molecule has 0 aliphatic carbocycles. The number of unbranched alkanes of at least 4 members (excludes halogenated alkanes) is 4. The van der Waals surface area contributed by atoms with Gasteiger partial charge < -0.3 is 24.8 Å². The van der Waals surface area contributed by atoms with Gasteiger partial charge in [0.1, 0.15) is 6.10 Å². The predicted octanol–water partition coefficient (Wildman–Crippen LogP) is 2.46. The molecule has 2 rings (SSSR count). The molecule has 3 N–H and O–H groups in total. The van der Waals surface area contributed by atoms with Crippen LogP contribution in [0.1, 0.15) is 84.0 Å². The van der Waals surface area contributed by atoms with Crippen molar-refractivity contribution in [3.8, 4) is 0 Å². The van der Waals surface area contributed by atoms with Crippen LogP contribution in [0.4, 0.5) is 0 Å². The summed E-state index contributed by atoms with van der Waals surface area (Å²) in [5, 5.41) is 30.4. The summed E-state index contributed by atoms with van der Waals surface area (Å²) in [4.78, 5) is 11.4. The highest BCUT2D eigenvalue weighted by Gasteiger charge is 2.38. The number of esters is 1. The minimum Gasteiger partial charge on any atom is -0.462 e. The zero-order valence-electron chi connectivity index (χ0n) is 16.0. The van der Waals surface area contributed by atoms with E-state index in [1.807, 2.05) is 0 Å². The van der Waals surface area contributed by atoms with Gasteiger partial charge in [0.2, 0.25) is 0 Å². The summed E-state index contributed by atoms with van der Waals surface area (Å²) in [5.41, 5.74) is 0. The average molecular weight is 373 g/mol. The zero-order chi connectivity index (χ0) is 18.9. The number of fused-ring (bicyclic) bond motifs is 2. The van der Waals surface area contributed by atoms with Crippen molar-refractivity contribution in [2.45, 2.75) is 121 Å². The SMILES string of the molecule is CCCCCCC[C@@H](O)C[C@@H](O)C[C@@H](O)CC1C[C@@H]2C[C@H](CC(=O)O2)O1. The quantitative estimate of drug-likeness (QED) is 0.360. The van der Waals surface area contributed by atoms with E-state index in [2.05, 4.69) is 6.92 Å². The van der Waals surface area contributed by atoms with Gasteiger partial charge in [-0.05, 0) is 25.7 Å². The van der Waals surface area contributed by atoms with Crippen molar-refractivity contribution < 1.29 is 29.6 Å². The lowest BCUT2D eigenvalue weighted by molar-refractivity contribution is -0.186. The average Bonchev–Trinajstić information content (AvgIpc) is 2.53. The number of aliphatic hydroxyl groups is 3. The fourth-order valence-electron chi connectivity index (χ4n) is 4.09. The number of carbonyl (C=O) groups is 1. The first-order chi connectivity index (χ1) is 12.5. The van der Waals surface area contributed by atoms with E-state index in [1.54, 1.807) is 0 Å². The van der Waals surface area contributed by atoms with Gasteiger partial charge in [-0.25, -0.2) is 0 Å². The van der Waals surface area contributed by atoms with Crippen LogP contribution >= 0.6 is 0 Å². The molecule has 2 aliphatic heterocycles.